The van der Waals surface area contributed by atoms with Crippen LogP contribution in [0.5, 0.6) is 0 Å². The predicted octanol–water partition coefficient (Wildman–Crippen LogP) is 1.11. The summed E-state index contributed by atoms with van der Waals surface area (Å²) in [6.07, 6.45) is 1.99. The molecule has 1 saturated carbocycles. The second-order valence-electron chi connectivity index (χ2n) is 6.67. The summed E-state index contributed by atoms with van der Waals surface area (Å²) in [6.45, 7) is 1.25. The molecular formula is C18H18N2O4. The van der Waals surface area contributed by atoms with Gasteiger partial charge in [-0.3, -0.25) is 24.1 Å². The average molecular weight is 326 g/mol. The van der Waals surface area contributed by atoms with E-state index in [1.807, 2.05) is 0 Å². The van der Waals surface area contributed by atoms with Crippen molar-refractivity contribution in [3.8, 4) is 0 Å². The SMILES string of the molecule is O=C1C2CCC1C(=O)N(CCCN1C(=O)c3ccccc3C1=O)C2. The molecule has 1 aromatic carbocycles. The van der Waals surface area contributed by atoms with Crippen LogP contribution in [-0.2, 0) is 9.59 Å². The number of benzene rings is 1. The van der Waals surface area contributed by atoms with Crippen molar-refractivity contribution in [1.82, 2.24) is 9.80 Å². The molecule has 6 heteroatoms. The molecule has 24 heavy (non-hydrogen) atoms. The molecule has 2 unspecified atom stereocenters. The molecule has 3 aliphatic rings. The Bertz CT molecular complexity index is 722. The highest BCUT2D eigenvalue weighted by molar-refractivity contribution is 6.21. The lowest BCUT2D eigenvalue weighted by Crippen LogP contribution is -2.47. The maximum Gasteiger partial charge on any atom is 0.261 e. The van der Waals surface area contributed by atoms with Crippen molar-refractivity contribution < 1.29 is 19.2 Å². The number of fused-ring (bicyclic) bond motifs is 3. The van der Waals surface area contributed by atoms with E-state index in [1.54, 1.807) is 29.2 Å². The van der Waals surface area contributed by atoms with E-state index in [0.29, 0.717) is 43.6 Å². The number of likely N-dealkylation sites (tertiary alicyclic amines) is 1. The third-order valence-corrected chi connectivity index (χ3v) is 5.29. The molecule has 2 bridgehead atoms. The van der Waals surface area contributed by atoms with Gasteiger partial charge < -0.3 is 4.90 Å². The first-order chi connectivity index (χ1) is 11.6. The summed E-state index contributed by atoms with van der Waals surface area (Å²) in [5, 5.41) is 0. The van der Waals surface area contributed by atoms with Gasteiger partial charge >= 0.3 is 0 Å². The second kappa shape index (κ2) is 5.54. The number of rotatable bonds is 4. The highest BCUT2D eigenvalue weighted by atomic mass is 16.2. The van der Waals surface area contributed by atoms with Crippen molar-refractivity contribution in [1.29, 1.82) is 0 Å². The van der Waals surface area contributed by atoms with E-state index in [1.165, 1.54) is 4.90 Å². The van der Waals surface area contributed by atoms with Crippen molar-refractivity contribution >= 4 is 23.5 Å². The molecule has 0 radical (unpaired) electrons. The maximum atomic E-state index is 12.3. The van der Waals surface area contributed by atoms with Gasteiger partial charge in [0, 0.05) is 25.6 Å². The Balaban J connectivity index is 1.37. The molecule has 124 valence electrons. The van der Waals surface area contributed by atoms with Crippen LogP contribution in [0.3, 0.4) is 0 Å². The normalized spacial score (nSPS) is 25.7. The Labute approximate surface area is 139 Å². The van der Waals surface area contributed by atoms with E-state index in [4.69, 9.17) is 0 Å². The number of hydrogen-bond donors (Lipinski definition) is 0. The molecule has 0 aromatic heterocycles. The molecule has 2 atom stereocenters. The summed E-state index contributed by atoms with van der Waals surface area (Å²) in [5.74, 6) is -1.01. The molecular weight excluding hydrogens is 308 g/mol. The monoisotopic (exact) mass is 326 g/mol. The molecule has 0 spiro atoms. The van der Waals surface area contributed by atoms with Crippen LogP contribution in [0.2, 0.25) is 0 Å². The molecule has 0 N–H and O–H groups in total. The summed E-state index contributed by atoms with van der Waals surface area (Å²) in [4.78, 5) is 51.7. The lowest BCUT2D eigenvalue weighted by atomic mass is 9.96. The van der Waals surface area contributed by atoms with Gasteiger partial charge in [-0.2, -0.15) is 0 Å². The summed E-state index contributed by atoms with van der Waals surface area (Å²) in [5.41, 5.74) is 0.889. The van der Waals surface area contributed by atoms with Gasteiger partial charge in [0.1, 0.15) is 5.78 Å². The van der Waals surface area contributed by atoms with E-state index in [2.05, 4.69) is 0 Å². The molecule has 4 rings (SSSR count). The van der Waals surface area contributed by atoms with Crippen molar-refractivity contribution in [3.63, 3.8) is 0 Å². The Morgan fingerprint density at radius 1 is 0.917 bits per heavy atom. The first kappa shape index (κ1) is 15.1. The molecule has 2 fully saturated rings. The number of Topliss-reactive ketones (excluding diaryl/α,β-unsaturated/α-hetero) is 1. The lowest BCUT2D eigenvalue weighted by Gasteiger charge is -2.31. The summed E-state index contributed by atoms with van der Waals surface area (Å²) in [7, 11) is 0. The largest absolute Gasteiger partial charge is 0.341 e. The number of ketones is 1. The minimum absolute atomic E-state index is 0.0213. The van der Waals surface area contributed by atoms with Gasteiger partial charge in [0.2, 0.25) is 5.91 Å². The van der Waals surface area contributed by atoms with Crippen LogP contribution in [0, 0.1) is 11.8 Å². The molecule has 1 saturated heterocycles. The van der Waals surface area contributed by atoms with Gasteiger partial charge in [-0.15, -0.1) is 0 Å². The predicted molar refractivity (Wildman–Crippen MR) is 84.2 cm³/mol. The minimum Gasteiger partial charge on any atom is -0.341 e. The highest BCUT2D eigenvalue weighted by Gasteiger charge is 2.46. The zero-order valence-corrected chi connectivity index (χ0v) is 13.2. The number of carbonyl (C=O) groups excluding carboxylic acids is 4. The Morgan fingerprint density at radius 3 is 2.25 bits per heavy atom. The van der Waals surface area contributed by atoms with Crippen LogP contribution >= 0.6 is 0 Å². The first-order valence-electron chi connectivity index (χ1n) is 8.35. The van der Waals surface area contributed by atoms with Gasteiger partial charge in [-0.1, -0.05) is 12.1 Å². The fourth-order valence-electron chi connectivity index (χ4n) is 4.00. The number of imide groups is 1. The average Bonchev–Trinajstić information content (AvgIpc) is 2.99. The number of carbonyl (C=O) groups is 4. The number of nitrogens with zero attached hydrogens (tertiary/aromatic N) is 2. The third-order valence-electron chi connectivity index (χ3n) is 5.29. The molecule has 1 aliphatic carbocycles. The van der Waals surface area contributed by atoms with E-state index in [9.17, 15) is 19.2 Å². The van der Waals surface area contributed by atoms with Crippen LogP contribution in [0.1, 0.15) is 40.0 Å². The number of amides is 3. The van der Waals surface area contributed by atoms with E-state index >= 15 is 0 Å². The van der Waals surface area contributed by atoms with E-state index < -0.39 is 5.92 Å². The molecule has 2 heterocycles. The van der Waals surface area contributed by atoms with Crippen molar-refractivity contribution in [3.05, 3.63) is 35.4 Å². The minimum atomic E-state index is -0.456. The molecule has 1 aromatic rings. The van der Waals surface area contributed by atoms with Crippen molar-refractivity contribution in [2.24, 2.45) is 11.8 Å². The van der Waals surface area contributed by atoms with Crippen LogP contribution in [0.25, 0.3) is 0 Å². The Hall–Kier alpha value is -2.50. The van der Waals surface area contributed by atoms with E-state index in [-0.39, 0.29) is 29.4 Å². The zero-order valence-electron chi connectivity index (χ0n) is 13.2. The van der Waals surface area contributed by atoms with Gasteiger partial charge in [-0.05, 0) is 31.4 Å². The van der Waals surface area contributed by atoms with Gasteiger partial charge in [0.25, 0.3) is 11.8 Å². The zero-order chi connectivity index (χ0) is 16.8. The summed E-state index contributed by atoms with van der Waals surface area (Å²) < 4.78 is 0. The summed E-state index contributed by atoms with van der Waals surface area (Å²) >= 11 is 0. The molecule has 2 aliphatic heterocycles. The third kappa shape index (κ3) is 2.17. The fraction of sp³-hybridized carbons (Fsp3) is 0.444. The second-order valence-corrected chi connectivity index (χ2v) is 6.67. The smallest absolute Gasteiger partial charge is 0.261 e. The van der Waals surface area contributed by atoms with Gasteiger partial charge in [0.05, 0.1) is 17.0 Å². The van der Waals surface area contributed by atoms with Gasteiger partial charge in [-0.25, -0.2) is 0 Å². The van der Waals surface area contributed by atoms with Crippen LogP contribution in [-0.4, -0.2) is 52.9 Å². The number of hydrogen-bond acceptors (Lipinski definition) is 4. The van der Waals surface area contributed by atoms with Crippen molar-refractivity contribution in [2.45, 2.75) is 19.3 Å². The maximum absolute atomic E-state index is 12.3. The molecule has 3 amide bonds. The first-order valence-corrected chi connectivity index (χ1v) is 8.35. The van der Waals surface area contributed by atoms with Crippen molar-refractivity contribution in [2.75, 3.05) is 19.6 Å². The van der Waals surface area contributed by atoms with Crippen LogP contribution in [0.15, 0.2) is 24.3 Å². The standard InChI is InChI=1S/C18H18N2O4/c21-15-11-6-7-14(15)16(22)19(10-11)8-3-9-20-17(23)12-4-1-2-5-13(12)18(20)24/h1-2,4-5,11,14H,3,6-10H2. The Kier molecular flexibility index (Phi) is 3.48. The Morgan fingerprint density at radius 2 is 1.58 bits per heavy atom. The quantitative estimate of drug-likeness (QED) is 0.614. The summed E-state index contributed by atoms with van der Waals surface area (Å²) in [6, 6.07) is 6.81. The van der Waals surface area contributed by atoms with Gasteiger partial charge in [0.15, 0.2) is 0 Å². The highest BCUT2D eigenvalue weighted by Crippen LogP contribution is 2.34. The van der Waals surface area contributed by atoms with Crippen LogP contribution < -0.4 is 0 Å². The number of piperidine rings is 1. The fourth-order valence-corrected chi connectivity index (χ4v) is 4.00. The topological polar surface area (TPSA) is 74.8 Å². The van der Waals surface area contributed by atoms with E-state index in [0.717, 1.165) is 6.42 Å². The van der Waals surface area contributed by atoms with Crippen LogP contribution in [0.4, 0.5) is 0 Å². The molecule has 6 nitrogen and oxygen atoms in total. The lowest BCUT2D eigenvalue weighted by molar-refractivity contribution is -0.145.